The van der Waals surface area contributed by atoms with E-state index in [1.807, 2.05) is 50.2 Å². The maximum absolute atomic E-state index is 12.5. The largest absolute Gasteiger partial charge is 0.490 e. The van der Waals surface area contributed by atoms with Crippen molar-refractivity contribution >= 4 is 56.5 Å². The Kier molecular flexibility index (Phi) is 7.76. The molecule has 0 aliphatic carbocycles. The summed E-state index contributed by atoms with van der Waals surface area (Å²) in [7, 11) is 0. The third-order valence-electron chi connectivity index (χ3n) is 4.35. The average molecular weight is 585 g/mol. The smallest absolute Gasteiger partial charge is 0.329 e. The summed E-state index contributed by atoms with van der Waals surface area (Å²) < 4.78 is 13.7. The van der Waals surface area contributed by atoms with Crippen LogP contribution >= 0.6 is 38.5 Å². The van der Waals surface area contributed by atoms with Gasteiger partial charge in [-0.2, -0.15) is 0 Å². The van der Waals surface area contributed by atoms with E-state index in [0.717, 1.165) is 19.2 Å². The number of carbonyl (C=O) groups excluding carboxylic acids is 2. The highest BCUT2D eigenvalue weighted by Gasteiger charge is 2.32. The minimum Gasteiger partial charge on any atom is -0.490 e. The molecule has 1 saturated heterocycles. The normalized spacial score (nSPS) is 14.9. The van der Waals surface area contributed by atoms with Crippen LogP contribution < -0.4 is 14.8 Å². The van der Waals surface area contributed by atoms with E-state index >= 15 is 0 Å². The fraction of sp³-hybridized carbons (Fsp3) is 0.273. The lowest BCUT2D eigenvalue weighted by atomic mass is 10.1. The number of urea groups is 1. The molecule has 3 rings (SSSR count). The summed E-state index contributed by atoms with van der Waals surface area (Å²) in [6.07, 6.45) is 2.38. The van der Waals surface area contributed by atoms with Gasteiger partial charge in [-0.25, -0.2) is 4.79 Å². The van der Waals surface area contributed by atoms with Gasteiger partial charge in [0.15, 0.2) is 11.5 Å². The van der Waals surface area contributed by atoms with Crippen LogP contribution in [0.4, 0.5) is 4.79 Å². The van der Waals surface area contributed by atoms with Crippen LogP contribution in [0, 0.1) is 3.57 Å². The van der Waals surface area contributed by atoms with Gasteiger partial charge in [0.05, 0.1) is 10.2 Å². The molecule has 6 nitrogen and oxygen atoms in total. The summed E-state index contributed by atoms with van der Waals surface area (Å²) in [5.41, 5.74) is 2.05. The second-order valence-electron chi connectivity index (χ2n) is 6.62. The van der Waals surface area contributed by atoms with Gasteiger partial charge in [0.1, 0.15) is 12.3 Å². The SMILES string of the molecule is CCCN1C(=O)N/C(=C/c2cc(I)c(OCc3ccc(Br)cc3)c(OCC)c2)C1=O. The molecule has 0 aromatic heterocycles. The van der Waals surface area contributed by atoms with E-state index in [9.17, 15) is 9.59 Å². The van der Waals surface area contributed by atoms with Crippen molar-refractivity contribution in [2.24, 2.45) is 0 Å². The first-order valence-corrected chi connectivity index (χ1v) is 11.5. The quantitative estimate of drug-likeness (QED) is 0.259. The Labute approximate surface area is 197 Å². The lowest BCUT2D eigenvalue weighted by Crippen LogP contribution is -2.31. The van der Waals surface area contributed by atoms with Crippen LogP contribution in [-0.2, 0) is 11.4 Å². The second-order valence-corrected chi connectivity index (χ2v) is 8.70. The predicted molar refractivity (Wildman–Crippen MR) is 127 cm³/mol. The number of hydrogen-bond acceptors (Lipinski definition) is 4. The molecule has 1 aliphatic rings. The third kappa shape index (κ3) is 5.34. The van der Waals surface area contributed by atoms with Crippen LogP contribution in [0.3, 0.4) is 0 Å². The number of hydrogen-bond donors (Lipinski definition) is 1. The van der Waals surface area contributed by atoms with E-state index < -0.39 is 0 Å². The number of benzene rings is 2. The standard InChI is InChI=1S/C22H22BrIN2O4/c1-3-9-26-21(27)18(25-22(26)28)11-15-10-17(24)20(19(12-15)29-4-2)30-13-14-5-7-16(23)8-6-14/h5-8,10-12H,3-4,9,13H2,1-2H3,(H,25,28)/b18-11+. The number of rotatable bonds is 8. The van der Waals surface area contributed by atoms with Crippen LogP contribution in [0.5, 0.6) is 11.5 Å². The Morgan fingerprint density at radius 1 is 1.13 bits per heavy atom. The van der Waals surface area contributed by atoms with Crippen molar-refractivity contribution in [2.45, 2.75) is 26.9 Å². The highest BCUT2D eigenvalue weighted by molar-refractivity contribution is 14.1. The molecule has 1 N–H and O–H groups in total. The molecule has 2 aromatic rings. The molecule has 158 valence electrons. The van der Waals surface area contributed by atoms with Gasteiger partial charge in [-0.05, 0) is 77.4 Å². The first kappa shape index (κ1) is 22.6. The first-order valence-electron chi connectivity index (χ1n) is 9.61. The number of carbonyl (C=O) groups is 2. The van der Waals surface area contributed by atoms with Gasteiger partial charge in [0.25, 0.3) is 5.91 Å². The van der Waals surface area contributed by atoms with Gasteiger partial charge in [-0.15, -0.1) is 0 Å². The molecule has 1 aliphatic heterocycles. The highest BCUT2D eigenvalue weighted by Crippen LogP contribution is 2.35. The van der Waals surface area contributed by atoms with Gasteiger partial charge in [0, 0.05) is 11.0 Å². The van der Waals surface area contributed by atoms with Gasteiger partial charge in [-0.1, -0.05) is 35.0 Å². The molecule has 8 heteroatoms. The van der Waals surface area contributed by atoms with Crippen molar-refractivity contribution in [2.75, 3.05) is 13.2 Å². The summed E-state index contributed by atoms with van der Waals surface area (Å²) in [4.78, 5) is 25.7. The summed E-state index contributed by atoms with van der Waals surface area (Å²) >= 11 is 5.62. The number of nitrogens with one attached hydrogen (secondary N) is 1. The molecule has 1 fully saturated rings. The summed E-state index contributed by atoms with van der Waals surface area (Å²) in [5.74, 6) is 0.929. The van der Waals surface area contributed by atoms with Gasteiger partial charge < -0.3 is 14.8 Å². The molecule has 0 atom stereocenters. The number of halogens is 2. The van der Waals surface area contributed by atoms with Crippen molar-refractivity contribution < 1.29 is 19.1 Å². The zero-order chi connectivity index (χ0) is 21.7. The molecule has 1 heterocycles. The van der Waals surface area contributed by atoms with Crippen LogP contribution in [0.1, 0.15) is 31.4 Å². The molecule has 3 amide bonds. The monoisotopic (exact) mass is 584 g/mol. The van der Waals surface area contributed by atoms with E-state index in [4.69, 9.17) is 9.47 Å². The molecule has 0 radical (unpaired) electrons. The van der Waals surface area contributed by atoms with E-state index in [0.29, 0.717) is 37.7 Å². The van der Waals surface area contributed by atoms with Crippen molar-refractivity contribution in [3.05, 3.63) is 61.3 Å². The van der Waals surface area contributed by atoms with Crippen molar-refractivity contribution in [3.8, 4) is 11.5 Å². The van der Waals surface area contributed by atoms with E-state index in [1.165, 1.54) is 4.90 Å². The zero-order valence-electron chi connectivity index (χ0n) is 16.7. The van der Waals surface area contributed by atoms with Crippen molar-refractivity contribution in [1.82, 2.24) is 10.2 Å². The van der Waals surface area contributed by atoms with Crippen molar-refractivity contribution in [1.29, 1.82) is 0 Å². The topological polar surface area (TPSA) is 67.9 Å². The second kappa shape index (κ2) is 10.3. The molecule has 0 unspecified atom stereocenters. The Morgan fingerprint density at radius 2 is 1.87 bits per heavy atom. The predicted octanol–water partition coefficient (Wildman–Crippen LogP) is 5.33. The lowest BCUT2D eigenvalue weighted by Gasteiger charge is -2.15. The first-order chi connectivity index (χ1) is 14.4. The molecule has 0 spiro atoms. The molecular formula is C22H22BrIN2O4. The Bertz CT molecular complexity index is 976. The van der Waals surface area contributed by atoms with E-state index in [1.54, 1.807) is 6.08 Å². The summed E-state index contributed by atoms with van der Waals surface area (Å²) in [6, 6.07) is 11.3. The fourth-order valence-corrected chi connectivity index (χ4v) is 4.02. The molecule has 0 saturated carbocycles. The van der Waals surface area contributed by atoms with E-state index in [-0.39, 0.29) is 17.6 Å². The lowest BCUT2D eigenvalue weighted by molar-refractivity contribution is -0.122. The molecule has 0 bridgehead atoms. The van der Waals surface area contributed by atoms with E-state index in [2.05, 4.69) is 43.8 Å². The van der Waals surface area contributed by atoms with Crippen LogP contribution in [0.15, 0.2) is 46.6 Å². The summed E-state index contributed by atoms with van der Waals surface area (Å²) in [6.45, 7) is 5.10. The van der Waals surface area contributed by atoms with Gasteiger partial charge >= 0.3 is 6.03 Å². The minimum absolute atomic E-state index is 0.259. The minimum atomic E-state index is -0.387. The Balaban J connectivity index is 1.85. The number of amides is 3. The van der Waals surface area contributed by atoms with Crippen LogP contribution in [0.25, 0.3) is 6.08 Å². The average Bonchev–Trinajstić information content (AvgIpc) is 2.97. The summed E-state index contributed by atoms with van der Waals surface area (Å²) in [5, 5.41) is 2.64. The number of nitrogens with zero attached hydrogens (tertiary/aromatic N) is 1. The Morgan fingerprint density at radius 3 is 2.53 bits per heavy atom. The van der Waals surface area contributed by atoms with Crippen molar-refractivity contribution in [3.63, 3.8) is 0 Å². The molecule has 30 heavy (non-hydrogen) atoms. The van der Waals surface area contributed by atoms with Gasteiger partial charge in [-0.3, -0.25) is 9.69 Å². The zero-order valence-corrected chi connectivity index (χ0v) is 20.4. The number of imide groups is 1. The Hall–Kier alpha value is -2.07. The maximum Gasteiger partial charge on any atom is 0.329 e. The fourth-order valence-electron chi connectivity index (χ4n) is 2.98. The molecule has 2 aromatic carbocycles. The number of ether oxygens (including phenoxy) is 2. The molecular weight excluding hydrogens is 563 g/mol. The van der Waals surface area contributed by atoms with Gasteiger partial charge in [0.2, 0.25) is 0 Å². The maximum atomic E-state index is 12.5. The highest BCUT2D eigenvalue weighted by atomic mass is 127. The van der Waals surface area contributed by atoms with Crippen LogP contribution in [-0.4, -0.2) is 30.0 Å². The third-order valence-corrected chi connectivity index (χ3v) is 5.68. The van der Waals surface area contributed by atoms with Crippen LogP contribution in [0.2, 0.25) is 0 Å².